The van der Waals surface area contributed by atoms with Crippen LogP contribution in [0.3, 0.4) is 0 Å². The first kappa shape index (κ1) is 45.8. The highest BCUT2D eigenvalue weighted by Crippen LogP contribution is 2.50. The summed E-state index contributed by atoms with van der Waals surface area (Å²) >= 11 is 0. The number of aromatic nitrogens is 1. The van der Waals surface area contributed by atoms with Crippen LogP contribution in [0.2, 0.25) is 0 Å². The molecule has 1 aliphatic carbocycles. The van der Waals surface area contributed by atoms with Crippen molar-refractivity contribution < 1.29 is 4.42 Å². The van der Waals surface area contributed by atoms with Crippen LogP contribution in [-0.4, -0.2) is 11.3 Å². The van der Waals surface area contributed by atoms with Crippen molar-refractivity contribution in [2.75, 3.05) is 9.80 Å². The molecule has 16 rings (SSSR count). The average Bonchev–Trinajstić information content (AvgIpc) is 3.91. The molecule has 376 valence electrons. The molecule has 79 heavy (non-hydrogen) atoms. The van der Waals surface area contributed by atoms with Gasteiger partial charge in [0.1, 0.15) is 11.2 Å². The van der Waals surface area contributed by atoms with Gasteiger partial charge in [-0.3, -0.25) is 0 Å². The van der Waals surface area contributed by atoms with Gasteiger partial charge in [-0.15, -0.1) is 0 Å². The third-order valence-electron chi connectivity index (χ3n) is 18.0. The van der Waals surface area contributed by atoms with Gasteiger partial charge in [-0.05, 0) is 151 Å². The molecule has 0 atom stereocenters. The summed E-state index contributed by atoms with van der Waals surface area (Å²) in [6.45, 7) is 9.57. The lowest BCUT2D eigenvalue weighted by atomic mass is 9.33. The van der Waals surface area contributed by atoms with Crippen LogP contribution in [0.5, 0.6) is 0 Å². The molecule has 2 aromatic heterocycles. The van der Waals surface area contributed by atoms with Crippen molar-refractivity contribution in [3.63, 3.8) is 0 Å². The molecule has 0 amide bonds. The monoisotopic (exact) mass is 1010 g/mol. The minimum absolute atomic E-state index is 0.0957. The van der Waals surface area contributed by atoms with E-state index in [0.717, 1.165) is 56.1 Å². The molecule has 5 heteroatoms. The highest BCUT2D eigenvalue weighted by atomic mass is 16.3. The van der Waals surface area contributed by atoms with E-state index in [1.807, 2.05) is 0 Å². The zero-order valence-corrected chi connectivity index (χ0v) is 44.8. The second-order valence-corrected chi connectivity index (χ2v) is 23.5. The summed E-state index contributed by atoms with van der Waals surface area (Å²) in [5.41, 5.74) is 26.1. The van der Waals surface area contributed by atoms with Gasteiger partial charge in [0.15, 0.2) is 0 Å². The zero-order valence-electron chi connectivity index (χ0n) is 44.8. The van der Waals surface area contributed by atoms with Crippen molar-refractivity contribution in [1.29, 1.82) is 0 Å². The SMILES string of the molecule is CC1(C)CCC(C)(C)c2cc(-c3ccc(N4c5cc(-c6ccccc6)ccc5B5c6ccc(-c7ccccc7)cc6N(c6ccc7c(c6)oc6ccccc67)c6cc(-n7c8ccccc8c8ccccc87)cc4c65)cc3)ccc21. The molecule has 0 N–H and O–H groups in total. The molecule has 0 radical (unpaired) electrons. The fourth-order valence-corrected chi connectivity index (χ4v) is 13.9. The molecule has 4 nitrogen and oxygen atoms in total. The van der Waals surface area contributed by atoms with Crippen LogP contribution in [0.1, 0.15) is 51.7 Å². The molecule has 2 aliphatic heterocycles. The maximum Gasteiger partial charge on any atom is 0.252 e. The molecule has 0 fully saturated rings. The van der Waals surface area contributed by atoms with E-state index in [1.165, 1.54) is 101 Å². The van der Waals surface area contributed by atoms with Crippen molar-refractivity contribution in [3.8, 4) is 39.1 Å². The average molecular weight is 1010 g/mol. The minimum Gasteiger partial charge on any atom is -0.456 e. The van der Waals surface area contributed by atoms with Gasteiger partial charge in [0.25, 0.3) is 6.71 Å². The van der Waals surface area contributed by atoms with E-state index in [0.29, 0.717) is 0 Å². The number of fused-ring (bicyclic) bond motifs is 11. The van der Waals surface area contributed by atoms with E-state index in [1.54, 1.807) is 0 Å². The minimum atomic E-state index is -0.0957. The van der Waals surface area contributed by atoms with Crippen LogP contribution in [0.4, 0.5) is 34.1 Å². The smallest absolute Gasteiger partial charge is 0.252 e. The van der Waals surface area contributed by atoms with Gasteiger partial charge in [0.2, 0.25) is 0 Å². The van der Waals surface area contributed by atoms with Gasteiger partial charge >= 0.3 is 0 Å². The van der Waals surface area contributed by atoms with E-state index in [-0.39, 0.29) is 17.5 Å². The molecule has 0 bridgehead atoms. The summed E-state index contributed by atoms with van der Waals surface area (Å²) in [6, 6.07) is 90.6. The second kappa shape index (κ2) is 17.1. The van der Waals surface area contributed by atoms with E-state index in [9.17, 15) is 0 Å². The Balaban J connectivity index is 0.990. The number of furan rings is 1. The van der Waals surface area contributed by atoms with Crippen LogP contribution in [0, 0.1) is 0 Å². The molecule has 0 saturated carbocycles. The number of anilines is 6. The number of hydrogen-bond acceptors (Lipinski definition) is 3. The Kier molecular flexibility index (Phi) is 9.92. The Labute approximate surface area is 461 Å². The fraction of sp³-hybridized carbons (Fsp3) is 0.108. The third kappa shape index (κ3) is 7.01. The molecule has 0 unspecified atom stereocenters. The Morgan fingerprint density at radius 2 is 0.810 bits per heavy atom. The summed E-state index contributed by atoms with van der Waals surface area (Å²) in [4.78, 5) is 5.10. The molecule has 11 aromatic carbocycles. The lowest BCUT2D eigenvalue weighted by Gasteiger charge is -2.44. The molecule has 0 spiro atoms. The number of para-hydroxylation sites is 3. The van der Waals surface area contributed by atoms with Gasteiger partial charge in [-0.1, -0.05) is 198 Å². The highest BCUT2D eigenvalue weighted by molar-refractivity contribution is 7.00. The second-order valence-electron chi connectivity index (χ2n) is 23.5. The maximum absolute atomic E-state index is 6.73. The normalized spacial score (nSPS) is 14.9. The van der Waals surface area contributed by atoms with Crippen LogP contribution < -0.4 is 26.2 Å². The summed E-state index contributed by atoms with van der Waals surface area (Å²) < 4.78 is 9.22. The third-order valence-corrected chi connectivity index (χ3v) is 18.0. The van der Waals surface area contributed by atoms with Crippen molar-refractivity contribution in [3.05, 3.63) is 254 Å². The lowest BCUT2D eigenvalue weighted by molar-refractivity contribution is 0.332. The van der Waals surface area contributed by atoms with Crippen molar-refractivity contribution >= 4 is 101 Å². The van der Waals surface area contributed by atoms with E-state index in [4.69, 9.17) is 4.42 Å². The fourth-order valence-electron chi connectivity index (χ4n) is 13.9. The predicted molar refractivity (Wildman–Crippen MR) is 334 cm³/mol. The highest BCUT2D eigenvalue weighted by Gasteiger charge is 2.44. The Morgan fingerprint density at radius 1 is 0.342 bits per heavy atom. The number of benzene rings is 11. The van der Waals surface area contributed by atoms with Gasteiger partial charge in [0.05, 0.1) is 16.7 Å². The molecular formula is C74H56BN3O. The molecule has 4 heterocycles. The number of rotatable bonds is 6. The first-order chi connectivity index (χ1) is 38.6. The van der Waals surface area contributed by atoms with Gasteiger partial charge < -0.3 is 18.8 Å². The largest absolute Gasteiger partial charge is 0.456 e. The standard InChI is InChI=1S/C74H56BN3O/c1-73(2)39-40-74(3,4)61-41-50(29-36-60(61)73)49-27-32-53(33-28-49)76-66-42-51(47-17-7-5-8-18-47)30-37-62(66)75-63-38-31-52(48-19-9-6-10-20-48)43-67(63)77(54-34-35-59-58-23-13-16-26-70(58)79-71(59)46-54)69-45-55(44-68(76)72(69)75)78-64-24-14-11-21-56(64)57-22-12-15-25-65(57)78/h5-38,41-46H,39-40H2,1-4H3. The topological polar surface area (TPSA) is 24.6 Å². The quantitative estimate of drug-likeness (QED) is 0.155. The predicted octanol–water partition coefficient (Wildman–Crippen LogP) is 18.1. The number of hydrogen-bond donors (Lipinski definition) is 0. The van der Waals surface area contributed by atoms with E-state index in [2.05, 4.69) is 285 Å². The van der Waals surface area contributed by atoms with Gasteiger partial charge in [-0.25, -0.2) is 0 Å². The Hall–Kier alpha value is -9.32. The maximum atomic E-state index is 6.73. The van der Waals surface area contributed by atoms with Crippen LogP contribution in [0.25, 0.3) is 82.8 Å². The first-order valence-corrected chi connectivity index (χ1v) is 28.0. The Morgan fingerprint density at radius 3 is 1.43 bits per heavy atom. The Bertz CT molecular complexity index is 4570. The first-order valence-electron chi connectivity index (χ1n) is 28.0. The lowest BCUT2D eigenvalue weighted by Crippen LogP contribution is -2.61. The van der Waals surface area contributed by atoms with Gasteiger partial charge in [-0.2, -0.15) is 0 Å². The van der Waals surface area contributed by atoms with Gasteiger partial charge in [0, 0.05) is 61.7 Å². The molecule has 3 aliphatic rings. The van der Waals surface area contributed by atoms with Crippen LogP contribution >= 0.6 is 0 Å². The van der Waals surface area contributed by atoms with Crippen molar-refractivity contribution in [2.45, 2.75) is 51.4 Å². The zero-order chi connectivity index (χ0) is 52.7. The van der Waals surface area contributed by atoms with Crippen LogP contribution in [0.15, 0.2) is 247 Å². The molecule has 13 aromatic rings. The summed E-state index contributed by atoms with van der Waals surface area (Å²) in [5, 5.41) is 4.68. The molecular weight excluding hydrogens is 958 g/mol. The van der Waals surface area contributed by atoms with E-state index >= 15 is 0 Å². The summed E-state index contributed by atoms with van der Waals surface area (Å²) in [5.74, 6) is 0. The summed E-state index contributed by atoms with van der Waals surface area (Å²) in [6.07, 6.45) is 2.37. The number of nitrogens with zero attached hydrogens (tertiary/aromatic N) is 3. The molecule has 0 saturated heterocycles. The summed E-state index contributed by atoms with van der Waals surface area (Å²) in [7, 11) is 0. The van der Waals surface area contributed by atoms with Crippen molar-refractivity contribution in [1.82, 2.24) is 4.57 Å². The van der Waals surface area contributed by atoms with Crippen LogP contribution in [-0.2, 0) is 10.8 Å². The van der Waals surface area contributed by atoms with Crippen molar-refractivity contribution in [2.24, 2.45) is 0 Å². The van der Waals surface area contributed by atoms with E-state index < -0.39 is 0 Å².